The first-order valence-electron chi connectivity index (χ1n) is 8.01. The van der Waals surface area contributed by atoms with E-state index in [2.05, 4.69) is 31.3 Å². The molecule has 0 aliphatic rings. The molecule has 0 aliphatic carbocycles. The maximum Gasteiger partial charge on any atom is 0.233 e. The van der Waals surface area contributed by atoms with Gasteiger partial charge in [-0.15, -0.1) is 6.42 Å². The summed E-state index contributed by atoms with van der Waals surface area (Å²) in [7, 11) is 0. The van der Waals surface area contributed by atoms with E-state index < -0.39 is 0 Å². The Balaban J connectivity index is 1.75. The Morgan fingerprint density at radius 1 is 1.12 bits per heavy atom. The monoisotopic (exact) mass is 344 g/mol. The van der Waals surface area contributed by atoms with Gasteiger partial charge in [0.25, 0.3) is 0 Å². The average molecular weight is 344 g/mol. The van der Waals surface area contributed by atoms with Crippen molar-refractivity contribution in [3.8, 4) is 18.3 Å². The van der Waals surface area contributed by atoms with E-state index in [1.807, 2.05) is 30.3 Å². The van der Waals surface area contributed by atoms with Crippen LogP contribution in [0.15, 0.2) is 48.8 Å². The molecule has 0 fully saturated rings. The number of nitrogens with one attached hydrogen (secondary N) is 1. The molecule has 0 aliphatic heterocycles. The van der Waals surface area contributed by atoms with E-state index in [1.54, 1.807) is 27.7 Å². The summed E-state index contributed by atoms with van der Waals surface area (Å²) < 4.78 is 3.41. The molecule has 0 unspecified atom stereocenters. The van der Waals surface area contributed by atoms with Gasteiger partial charge in [0.05, 0.1) is 6.54 Å². The highest BCUT2D eigenvalue weighted by Gasteiger charge is 2.17. The molecular weight excluding hydrogens is 328 g/mol. The van der Waals surface area contributed by atoms with E-state index in [0.717, 1.165) is 5.56 Å². The van der Waals surface area contributed by atoms with Crippen LogP contribution >= 0.6 is 0 Å². The van der Waals surface area contributed by atoms with Gasteiger partial charge in [0, 0.05) is 18.9 Å². The zero-order valence-corrected chi connectivity index (χ0v) is 13.9. The molecule has 0 saturated carbocycles. The Morgan fingerprint density at radius 2 is 1.96 bits per heavy atom. The number of fused-ring (bicyclic) bond motifs is 1. The van der Waals surface area contributed by atoms with Crippen molar-refractivity contribution in [2.24, 2.45) is 0 Å². The Morgan fingerprint density at radius 3 is 2.69 bits per heavy atom. The molecule has 0 radical (unpaired) electrons. The van der Waals surface area contributed by atoms with Crippen LogP contribution in [0.4, 0.5) is 11.8 Å². The Kier molecular flexibility index (Phi) is 3.95. The molecule has 4 aromatic rings. The van der Waals surface area contributed by atoms with Crippen molar-refractivity contribution >= 4 is 22.9 Å². The van der Waals surface area contributed by atoms with E-state index >= 15 is 0 Å². The normalized spacial score (nSPS) is 10.7. The Labute approximate surface area is 149 Å². The molecule has 1 aromatic carbocycles. The first kappa shape index (κ1) is 15.7. The lowest BCUT2D eigenvalue weighted by atomic mass is 10.2. The van der Waals surface area contributed by atoms with Gasteiger partial charge in [-0.3, -0.25) is 4.57 Å². The van der Waals surface area contributed by atoms with Crippen molar-refractivity contribution in [3.05, 3.63) is 54.4 Å². The number of nitrogens with zero attached hydrogens (tertiary/aromatic N) is 6. The molecule has 8 heteroatoms. The van der Waals surface area contributed by atoms with Crippen molar-refractivity contribution in [1.29, 1.82) is 0 Å². The number of nitrogens with two attached hydrogens (primary N) is 1. The number of imidazole rings is 1. The summed E-state index contributed by atoms with van der Waals surface area (Å²) in [5.41, 5.74) is 8.29. The molecule has 3 heterocycles. The third-order valence-electron chi connectivity index (χ3n) is 3.85. The standard InChI is InChI=1S/C18H16N8/c1-2-10-25-16-14(22-18(25)26-11-6-9-21-26)15(19)23-17(24-16)20-12-13-7-4-3-5-8-13/h1,3-9,11H,10,12H2,(H3,19,20,23,24). The Bertz CT molecular complexity index is 1070. The summed E-state index contributed by atoms with van der Waals surface area (Å²) in [5, 5.41) is 7.40. The van der Waals surface area contributed by atoms with Gasteiger partial charge < -0.3 is 11.1 Å². The van der Waals surface area contributed by atoms with Crippen LogP contribution in [-0.2, 0) is 13.1 Å². The molecule has 0 bridgehead atoms. The van der Waals surface area contributed by atoms with Crippen molar-refractivity contribution in [1.82, 2.24) is 29.3 Å². The minimum absolute atomic E-state index is 0.287. The van der Waals surface area contributed by atoms with E-state index in [-0.39, 0.29) is 5.82 Å². The average Bonchev–Trinajstić information content (AvgIpc) is 3.30. The third-order valence-corrected chi connectivity index (χ3v) is 3.85. The minimum atomic E-state index is 0.287. The highest BCUT2D eigenvalue weighted by atomic mass is 15.4. The number of aromatic nitrogens is 6. The molecule has 0 saturated heterocycles. The second-order valence-electron chi connectivity index (χ2n) is 5.60. The van der Waals surface area contributed by atoms with Crippen LogP contribution in [0.5, 0.6) is 0 Å². The molecule has 26 heavy (non-hydrogen) atoms. The molecule has 3 N–H and O–H groups in total. The fourth-order valence-electron chi connectivity index (χ4n) is 2.67. The zero-order chi connectivity index (χ0) is 17.9. The SMILES string of the molecule is C#CCn1c(-n2cccn2)nc2c(N)nc(NCc3ccccc3)nc21. The molecular formula is C18H16N8. The lowest BCUT2D eigenvalue weighted by Crippen LogP contribution is -2.09. The van der Waals surface area contributed by atoms with Gasteiger partial charge in [-0.1, -0.05) is 36.3 Å². The quantitative estimate of drug-likeness (QED) is 0.536. The topological polar surface area (TPSA) is 99.5 Å². The summed E-state index contributed by atoms with van der Waals surface area (Å²) in [4.78, 5) is 13.4. The van der Waals surface area contributed by atoms with Crippen LogP contribution < -0.4 is 11.1 Å². The van der Waals surface area contributed by atoms with Crippen molar-refractivity contribution in [2.45, 2.75) is 13.1 Å². The van der Waals surface area contributed by atoms with E-state index in [0.29, 0.717) is 36.2 Å². The second kappa shape index (κ2) is 6.57. The molecule has 0 spiro atoms. The van der Waals surface area contributed by atoms with Crippen molar-refractivity contribution < 1.29 is 0 Å². The minimum Gasteiger partial charge on any atom is -0.382 e. The zero-order valence-electron chi connectivity index (χ0n) is 13.9. The highest BCUT2D eigenvalue weighted by Crippen LogP contribution is 2.22. The van der Waals surface area contributed by atoms with Gasteiger partial charge >= 0.3 is 0 Å². The van der Waals surface area contributed by atoms with Crippen molar-refractivity contribution in [2.75, 3.05) is 11.1 Å². The molecule has 3 aromatic heterocycles. The van der Waals surface area contributed by atoms with Crippen LogP contribution in [0.1, 0.15) is 5.56 Å². The van der Waals surface area contributed by atoms with Gasteiger partial charge in [-0.05, 0) is 11.6 Å². The number of hydrogen-bond acceptors (Lipinski definition) is 6. The molecule has 128 valence electrons. The molecule has 4 rings (SSSR count). The predicted octanol–water partition coefficient (Wildman–Crippen LogP) is 1.84. The summed E-state index contributed by atoms with van der Waals surface area (Å²) >= 11 is 0. The van der Waals surface area contributed by atoms with Crippen LogP contribution in [0.25, 0.3) is 17.1 Å². The van der Waals surface area contributed by atoms with E-state index in [4.69, 9.17) is 12.2 Å². The fourth-order valence-corrected chi connectivity index (χ4v) is 2.67. The van der Waals surface area contributed by atoms with Gasteiger partial charge in [0.2, 0.25) is 11.9 Å². The summed E-state index contributed by atoms with van der Waals surface area (Å²) in [5.74, 6) is 3.87. The molecule has 0 amide bonds. The van der Waals surface area contributed by atoms with E-state index in [9.17, 15) is 0 Å². The van der Waals surface area contributed by atoms with Crippen molar-refractivity contribution in [3.63, 3.8) is 0 Å². The number of anilines is 2. The Hall–Kier alpha value is -3.86. The van der Waals surface area contributed by atoms with Gasteiger partial charge in [-0.25, -0.2) is 9.67 Å². The van der Waals surface area contributed by atoms with Crippen LogP contribution in [0.2, 0.25) is 0 Å². The van der Waals surface area contributed by atoms with Crippen LogP contribution in [-0.4, -0.2) is 29.3 Å². The van der Waals surface area contributed by atoms with Gasteiger partial charge in [0.1, 0.15) is 0 Å². The predicted molar refractivity (Wildman–Crippen MR) is 99.5 cm³/mol. The maximum atomic E-state index is 6.11. The largest absolute Gasteiger partial charge is 0.382 e. The third kappa shape index (κ3) is 2.82. The van der Waals surface area contributed by atoms with Gasteiger partial charge in [0.15, 0.2) is 17.0 Å². The van der Waals surface area contributed by atoms with E-state index in [1.165, 1.54) is 0 Å². The number of hydrogen-bond donors (Lipinski definition) is 2. The molecule has 0 atom stereocenters. The first-order chi connectivity index (χ1) is 12.8. The lowest BCUT2D eigenvalue weighted by Gasteiger charge is -2.07. The highest BCUT2D eigenvalue weighted by molar-refractivity contribution is 5.84. The maximum absolute atomic E-state index is 6.11. The number of nitrogen functional groups attached to an aromatic ring is 1. The second-order valence-corrected chi connectivity index (χ2v) is 5.60. The van der Waals surface area contributed by atoms with Gasteiger partial charge in [-0.2, -0.15) is 15.1 Å². The number of benzene rings is 1. The number of terminal acetylenes is 1. The number of rotatable bonds is 5. The van der Waals surface area contributed by atoms with Crippen LogP contribution in [0, 0.1) is 12.3 Å². The van der Waals surface area contributed by atoms with Crippen LogP contribution in [0.3, 0.4) is 0 Å². The lowest BCUT2D eigenvalue weighted by molar-refractivity contribution is 0.732. The fraction of sp³-hybridized carbons (Fsp3) is 0.111. The summed E-state index contributed by atoms with van der Waals surface area (Å²) in [6.07, 6.45) is 8.98. The first-order valence-corrected chi connectivity index (χ1v) is 8.01. The summed E-state index contributed by atoms with van der Waals surface area (Å²) in [6, 6.07) is 11.8. The summed E-state index contributed by atoms with van der Waals surface area (Å²) in [6.45, 7) is 0.876. The molecule has 8 nitrogen and oxygen atoms in total. The smallest absolute Gasteiger partial charge is 0.233 e.